The number of nitrogens with one attached hydrogen (secondary N) is 1. The third kappa shape index (κ3) is 4.21. The van der Waals surface area contributed by atoms with Crippen molar-refractivity contribution in [1.82, 2.24) is 9.88 Å². The van der Waals surface area contributed by atoms with Gasteiger partial charge in [-0.15, -0.1) is 11.3 Å². The Morgan fingerprint density at radius 3 is 2.56 bits per heavy atom. The summed E-state index contributed by atoms with van der Waals surface area (Å²) in [6.45, 7) is 5.10. The van der Waals surface area contributed by atoms with Crippen molar-refractivity contribution in [2.24, 2.45) is 0 Å². The van der Waals surface area contributed by atoms with Crippen molar-refractivity contribution in [3.8, 4) is 22.8 Å². The zero-order valence-electron chi connectivity index (χ0n) is 18.7. The van der Waals surface area contributed by atoms with Crippen LogP contribution in [0.3, 0.4) is 0 Å². The van der Waals surface area contributed by atoms with Gasteiger partial charge in [-0.2, -0.15) is 0 Å². The molecule has 0 amide bonds. The van der Waals surface area contributed by atoms with Crippen LogP contribution in [0.4, 0.5) is 0 Å². The lowest BCUT2D eigenvalue weighted by Crippen LogP contribution is -2.28. The molecule has 7 heteroatoms. The number of rotatable bonds is 7. The SMILES string of the molecule is COc1ccc(CCN2CC(O)=C(c3nc(-c4ccc(C)c(C)c4)cs3)C2=N)cc1OC. The number of methoxy groups -OCH3 is 2. The van der Waals surface area contributed by atoms with Gasteiger partial charge < -0.3 is 19.5 Å². The lowest BCUT2D eigenvalue weighted by Gasteiger charge is -2.18. The van der Waals surface area contributed by atoms with E-state index >= 15 is 0 Å². The standard InChI is InChI=1S/C25H27N3O3S/c1-15-5-7-18(11-16(15)2)19-14-32-25(27-19)23-20(29)13-28(24(23)26)10-9-17-6-8-21(30-3)22(12-17)31-4/h5-8,11-12,14,26,29H,9-10,13H2,1-4H3. The van der Waals surface area contributed by atoms with Crippen molar-refractivity contribution in [2.45, 2.75) is 20.3 Å². The van der Waals surface area contributed by atoms with E-state index in [1.165, 1.54) is 22.5 Å². The summed E-state index contributed by atoms with van der Waals surface area (Å²) < 4.78 is 10.7. The Kier molecular flexibility index (Phi) is 6.19. The van der Waals surface area contributed by atoms with Gasteiger partial charge in [-0.1, -0.05) is 18.2 Å². The minimum Gasteiger partial charge on any atom is -0.510 e. The molecule has 0 fully saturated rings. The van der Waals surface area contributed by atoms with E-state index < -0.39 is 0 Å². The van der Waals surface area contributed by atoms with Gasteiger partial charge in [0.25, 0.3) is 0 Å². The number of aromatic nitrogens is 1. The van der Waals surface area contributed by atoms with E-state index in [-0.39, 0.29) is 5.76 Å². The molecule has 0 aliphatic carbocycles. The number of thiazole rings is 1. The van der Waals surface area contributed by atoms with Gasteiger partial charge in [0.1, 0.15) is 16.6 Å². The molecule has 0 atom stereocenters. The Balaban J connectivity index is 1.47. The molecule has 0 saturated carbocycles. The molecule has 0 radical (unpaired) electrons. The van der Waals surface area contributed by atoms with Crippen LogP contribution in [0.2, 0.25) is 0 Å². The second kappa shape index (κ2) is 9.04. The predicted octanol–water partition coefficient (Wildman–Crippen LogP) is 5.25. The van der Waals surface area contributed by atoms with Crippen LogP contribution in [0.5, 0.6) is 11.5 Å². The maximum atomic E-state index is 10.6. The topological polar surface area (TPSA) is 78.7 Å². The van der Waals surface area contributed by atoms with Gasteiger partial charge in [-0.25, -0.2) is 4.98 Å². The van der Waals surface area contributed by atoms with Crippen molar-refractivity contribution in [3.63, 3.8) is 0 Å². The number of ether oxygens (including phenoxy) is 2. The zero-order chi connectivity index (χ0) is 22.8. The lowest BCUT2D eigenvalue weighted by molar-refractivity contribution is 0.349. The summed E-state index contributed by atoms with van der Waals surface area (Å²) in [6.07, 6.45) is 0.717. The molecule has 4 rings (SSSR count). The predicted molar refractivity (Wildman–Crippen MR) is 129 cm³/mol. The van der Waals surface area contributed by atoms with Crippen LogP contribution < -0.4 is 9.47 Å². The number of aliphatic hydroxyl groups excluding tert-OH is 1. The second-order valence-corrected chi connectivity index (χ2v) is 8.73. The fourth-order valence-electron chi connectivity index (χ4n) is 3.77. The van der Waals surface area contributed by atoms with Crippen molar-refractivity contribution in [2.75, 3.05) is 27.3 Å². The molecule has 0 unspecified atom stereocenters. The van der Waals surface area contributed by atoms with Gasteiger partial charge in [0.05, 0.1) is 32.0 Å². The van der Waals surface area contributed by atoms with Crippen molar-refractivity contribution >= 4 is 22.7 Å². The van der Waals surface area contributed by atoms with Crippen LogP contribution in [-0.2, 0) is 6.42 Å². The number of hydrogen-bond donors (Lipinski definition) is 2. The molecule has 2 N–H and O–H groups in total. The summed E-state index contributed by atoms with van der Waals surface area (Å²) in [5.74, 6) is 1.88. The molecule has 0 bridgehead atoms. The van der Waals surface area contributed by atoms with Gasteiger partial charge in [-0.05, 0) is 55.2 Å². The molecule has 1 aliphatic heterocycles. The fraction of sp³-hybridized carbons (Fsp3) is 0.280. The fourth-order valence-corrected chi connectivity index (χ4v) is 4.67. The number of nitrogens with zero attached hydrogens (tertiary/aromatic N) is 2. The minimum absolute atomic E-state index is 0.197. The van der Waals surface area contributed by atoms with Gasteiger partial charge in [0, 0.05) is 17.5 Å². The second-order valence-electron chi connectivity index (χ2n) is 7.87. The molecule has 32 heavy (non-hydrogen) atoms. The van der Waals surface area contributed by atoms with Crippen LogP contribution in [0, 0.1) is 19.3 Å². The number of benzene rings is 2. The quantitative estimate of drug-likeness (QED) is 0.515. The lowest BCUT2D eigenvalue weighted by atomic mass is 10.1. The summed E-state index contributed by atoms with van der Waals surface area (Å²) in [7, 11) is 3.23. The van der Waals surface area contributed by atoms with Crippen LogP contribution in [0.15, 0.2) is 47.5 Å². The molecule has 166 valence electrons. The van der Waals surface area contributed by atoms with Gasteiger partial charge in [0.2, 0.25) is 0 Å². The van der Waals surface area contributed by atoms with Gasteiger partial charge in [0.15, 0.2) is 11.5 Å². The normalized spacial score (nSPS) is 13.8. The molecule has 2 aromatic carbocycles. The largest absolute Gasteiger partial charge is 0.510 e. The average Bonchev–Trinajstić information content (AvgIpc) is 3.37. The molecule has 0 spiro atoms. The maximum absolute atomic E-state index is 10.6. The van der Waals surface area contributed by atoms with Gasteiger partial charge in [-0.3, -0.25) is 5.41 Å². The van der Waals surface area contributed by atoms with E-state index in [1.807, 2.05) is 28.5 Å². The highest BCUT2D eigenvalue weighted by atomic mass is 32.1. The summed E-state index contributed by atoms with van der Waals surface area (Å²) in [5, 5.41) is 21.9. The Bertz CT molecular complexity index is 1200. The van der Waals surface area contributed by atoms with Gasteiger partial charge >= 0.3 is 0 Å². The number of amidine groups is 1. The first-order valence-electron chi connectivity index (χ1n) is 10.4. The summed E-state index contributed by atoms with van der Waals surface area (Å²) >= 11 is 1.46. The third-order valence-electron chi connectivity index (χ3n) is 5.82. The molecular formula is C25H27N3O3S. The average molecular weight is 450 g/mol. The van der Waals surface area contributed by atoms with Crippen LogP contribution >= 0.6 is 11.3 Å². The molecule has 2 heterocycles. The first kappa shape index (κ1) is 21.9. The van der Waals surface area contributed by atoms with E-state index in [4.69, 9.17) is 19.9 Å². The van der Waals surface area contributed by atoms with Crippen molar-refractivity contribution < 1.29 is 14.6 Å². The van der Waals surface area contributed by atoms with Crippen molar-refractivity contribution in [3.05, 3.63) is 69.2 Å². The molecule has 1 aromatic heterocycles. The summed E-state index contributed by atoms with van der Waals surface area (Å²) in [6, 6.07) is 12.1. The summed E-state index contributed by atoms with van der Waals surface area (Å²) in [5.41, 5.74) is 5.98. The van der Waals surface area contributed by atoms with E-state index in [2.05, 4.69) is 32.0 Å². The first-order valence-corrected chi connectivity index (χ1v) is 11.3. The monoisotopic (exact) mass is 449 g/mol. The third-order valence-corrected chi connectivity index (χ3v) is 6.68. The Morgan fingerprint density at radius 2 is 1.84 bits per heavy atom. The van der Waals surface area contributed by atoms with Crippen LogP contribution in [0.25, 0.3) is 16.8 Å². The molecule has 6 nitrogen and oxygen atoms in total. The molecule has 1 aliphatic rings. The number of aliphatic hydroxyl groups is 1. The Morgan fingerprint density at radius 1 is 1.06 bits per heavy atom. The number of aryl methyl sites for hydroxylation is 2. The first-order chi connectivity index (χ1) is 15.4. The zero-order valence-corrected chi connectivity index (χ0v) is 19.5. The van der Waals surface area contributed by atoms with E-state index in [0.717, 1.165) is 23.2 Å². The highest BCUT2D eigenvalue weighted by Crippen LogP contribution is 2.33. The van der Waals surface area contributed by atoms with Crippen molar-refractivity contribution in [1.29, 1.82) is 5.41 Å². The van der Waals surface area contributed by atoms with E-state index in [9.17, 15) is 5.11 Å². The highest BCUT2D eigenvalue weighted by Gasteiger charge is 2.30. The molecule has 3 aromatic rings. The maximum Gasteiger partial charge on any atom is 0.160 e. The van der Waals surface area contributed by atoms with Crippen LogP contribution in [-0.4, -0.2) is 48.1 Å². The Hall–Kier alpha value is -3.32. The Labute approximate surface area is 192 Å². The van der Waals surface area contributed by atoms with E-state index in [1.54, 1.807) is 14.2 Å². The smallest absolute Gasteiger partial charge is 0.160 e. The van der Waals surface area contributed by atoms with Crippen LogP contribution in [0.1, 0.15) is 21.7 Å². The minimum atomic E-state index is 0.197. The molecule has 0 saturated heterocycles. The summed E-state index contributed by atoms with van der Waals surface area (Å²) in [4.78, 5) is 6.60. The molecular weight excluding hydrogens is 422 g/mol. The highest BCUT2D eigenvalue weighted by molar-refractivity contribution is 7.11. The van der Waals surface area contributed by atoms with E-state index in [0.29, 0.717) is 41.0 Å². The number of hydrogen-bond acceptors (Lipinski definition) is 6.